The fourth-order valence-electron chi connectivity index (χ4n) is 3.61. The lowest BCUT2D eigenvalue weighted by Gasteiger charge is -2.19. The lowest BCUT2D eigenvalue weighted by atomic mass is 10.2. The molecule has 1 aliphatic rings. The summed E-state index contributed by atoms with van der Waals surface area (Å²) in [6.07, 6.45) is 3.31. The van der Waals surface area contributed by atoms with Crippen LogP contribution >= 0.6 is 0 Å². The van der Waals surface area contributed by atoms with Crippen molar-refractivity contribution in [3.63, 3.8) is 0 Å². The van der Waals surface area contributed by atoms with Crippen molar-refractivity contribution >= 4 is 39.4 Å². The average molecular weight is 488 g/mol. The molecule has 0 unspecified atom stereocenters. The summed E-state index contributed by atoms with van der Waals surface area (Å²) >= 11 is 0. The topological polar surface area (TPSA) is 117 Å². The van der Waals surface area contributed by atoms with Crippen molar-refractivity contribution in [3.05, 3.63) is 95.6 Å². The van der Waals surface area contributed by atoms with Gasteiger partial charge in [-0.2, -0.15) is 5.26 Å². The number of sulfonamides is 1. The number of hydrogen-bond acceptors (Lipinski definition) is 6. The highest BCUT2D eigenvalue weighted by atomic mass is 32.2. The Morgan fingerprint density at radius 1 is 1.03 bits per heavy atom. The van der Waals surface area contributed by atoms with Crippen LogP contribution in [0.2, 0.25) is 0 Å². The van der Waals surface area contributed by atoms with E-state index in [9.17, 15) is 18.0 Å². The van der Waals surface area contributed by atoms with Crippen molar-refractivity contribution in [2.45, 2.75) is 11.3 Å². The zero-order chi connectivity index (χ0) is 24.8. The van der Waals surface area contributed by atoms with Crippen molar-refractivity contribution in [1.29, 1.82) is 5.26 Å². The van der Waals surface area contributed by atoms with E-state index in [2.05, 4.69) is 5.32 Å². The van der Waals surface area contributed by atoms with Gasteiger partial charge in [-0.25, -0.2) is 13.2 Å². The number of nitrogens with zero attached hydrogens (tertiary/aromatic N) is 2. The maximum Gasteiger partial charge on any atom is 0.331 e. The van der Waals surface area contributed by atoms with Crippen LogP contribution in [0.15, 0.2) is 83.8 Å². The van der Waals surface area contributed by atoms with Gasteiger partial charge in [0.25, 0.3) is 15.9 Å². The van der Waals surface area contributed by atoms with E-state index >= 15 is 0 Å². The largest absolute Gasteiger partial charge is 0.452 e. The predicted octanol–water partition coefficient (Wildman–Crippen LogP) is 3.50. The molecule has 9 heteroatoms. The van der Waals surface area contributed by atoms with Crippen LogP contribution in [0, 0.1) is 11.3 Å². The van der Waals surface area contributed by atoms with Crippen LogP contribution in [0.3, 0.4) is 0 Å². The van der Waals surface area contributed by atoms with Crippen LogP contribution in [0.5, 0.6) is 0 Å². The normalized spacial score (nSPS) is 12.7. The predicted molar refractivity (Wildman–Crippen MR) is 131 cm³/mol. The number of hydrogen-bond donors (Lipinski definition) is 1. The Bertz CT molecular complexity index is 1420. The van der Waals surface area contributed by atoms with Gasteiger partial charge in [-0.3, -0.25) is 9.10 Å². The number of nitriles is 1. The van der Waals surface area contributed by atoms with E-state index in [-0.39, 0.29) is 4.90 Å². The van der Waals surface area contributed by atoms with Gasteiger partial charge in [0.05, 0.1) is 22.2 Å². The lowest BCUT2D eigenvalue weighted by molar-refractivity contribution is -0.142. The number of para-hydroxylation sites is 1. The Morgan fingerprint density at radius 2 is 1.74 bits per heavy atom. The van der Waals surface area contributed by atoms with E-state index in [1.165, 1.54) is 22.5 Å². The Balaban J connectivity index is 1.31. The highest BCUT2D eigenvalue weighted by Gasteiger charge is 2.30. The summed E-state index contributed by atoms with van der Waals surface area (Å²) in [5, 5.41) is 11.3. The molecule has 8 nitrogen and oxygen atoms in total. The molecule has 0 aromatic heterocycles. The molecule has 1 heterocycles. The molecule has 0 fully saturated rings. The molecule has 1 amide bonds. The molecule has 1 aliphatic heterocycles. The Labute approximate surface area is 203 Å². The summed E-state index contributed by atoms with van der Waals surface area (Å²) in [5.74, 6) is -1.24. The highest BCUT2D eigenvalue weighted by Crippen LogP contribution is 2.32. The fourth-order valence-corrected chi connectivity index (χ4v) is 5.11. The summed E-state index contributed by atoms with van der Waals surface area (Å²) in [6, 6.07) is 21.9. The van der Waals surface area contributed by atoms with Crippen LogP contribution in [-0.2, 0) is 30.8 Å². The molecule has 0 radical (unpaired) electrons. The number of carbonyl (C=O) groups excluding carboxylic acids is 2. The van der Waals surface area contributed by atoms with Gasteiger partial charge in [0.2, 0.25) is 0 Å². The molecule has 0 saturated heterocycles. The minimum absolute atomic E-state index is 0.161. The smallest absolute Gasteiger partial charge is 0.331 e. The van der Waals surface area contributed by atoms with Crippen LogP contribution in [0.25, 0.3) is 6.08 Å². The number of amides is 1. The molecule has 3 aromatic rings. The Hall–Kier alpha value is -4.42. The van der Waals surface area contributed by atoms with Gasteiger partial charge in [0, 0.05) is 18.3 Å². The third kappa shape index (κ3) is 5.57. The van der Waals surface area contributed by atoms with Gasteiger partial charge in [-0.1, -0.05) is 30.3 Å². The third-order valence-electron chi connectivity index (χ3n) is 5.37. The standard InChI is InChI=1S/C26H21N3O5S/c27-17-20-5-10-22(11-6-20)28-25(30)18-34-26(31)14-9-19-7-12-23(13-8-19)35(32,33)29-16-15-21-3-1-2-4-24(21)29/h1-14H,15-16,18H2,(H,28,30). The van der Waals surface area contributed by atoms with Crippen molar-refractivity contribution in [2.24, 2.45) is 0 Å². The van der Waals surface area contributed by atoms with Crippen molar-refractivity contribution in [2.75, 3.05) is 22.8 Å². The van der Waals surface area contributed by atoms with Crippen LogP contribution in [0.4, 0.5) is 11.4 Å². The Kier molecular flexibility index (Phi) is 6.94. The molecule has 0 spiro atoms. The van der Waals surface area contributed by atoms with Crippen LogP contribution < -0.4 is 9.62 Å². The molecular weight excluding hydrogens is 466 g/mol. The van der Waals surface area contributed by atoms with E-state index in [0.717, 1.165) is 11.6 Å². The SMILES string of the molecule is N#Cc1ccc(NC(=O)COC(=O)C=Cc2ccc(S(=O)(=O)N3CCc4ccccc43)cc2)cc1. The molecule has 0 saturated carbocycles. The Morgan fingerprint density at radius 3 is 2.46 bits per heavy atom. The summed E-state index contributed by atoms with van der Waals surface area (Å²) in [6.45, 7) is -0.0778. The second-order valence-electron chi connectivity index (χ2n) is 7.70. The first-order chi connectivity index (χ1) is 16.9. The molecular formula is C26H21N3O5S. The molecule has 0 aliphatic carbocycles. The zero-order valence-electron chi connectivity index (χ0n) is 18.5. The maximum atomic E-state index is 13.1. The van der Waals surface area contributed by atoms with E-state index in [0.29, 0.717) is 35.5 Å². The number of benzene rings is 3. The number of fused-ring (bicyclic) bond motifs is 1. The second kappa shape index (κ2) is 10.2. The zero-order valence-corrected chi connectivity index (χ0v) is 19.4. The van der Waals surface area contributed by atoms with E-state index in [4.69, 9.17) is 10.00 Å². The molecule has 4 rings (SSSR count). The third-order valence-corrected chi connectivity index (χ3v) is 7.20. The van der Waals surface area contributed by atoms with Crippen LogP contribution in [0.1, 0.15) is 16.7 Å². The number of anilines is 2. The molecule has 0 bridgehead atoms. The summed E-state index contributed by atoms with van der Waals surface area (Å²) in [7, 11) is -3.69. The quantitative estimate of drug-likeness (QED) is 0.403. The van der Waals surface area contributed by atoms with Gasteiger partial charge in [-0.15, -0.1) is 0 Å². The van der Waals surface area contributed by atoms with Crippen molar-refractivity contribution in [1.82, 2.24) is 0 Å². The van der Waals surface area contributed by atoms with Gasteiger partial charge < -0.3 is 10.1 Å². The van der Waals surface area contributed by atoms with Crippen LogP contribution in [-0.4, -0.2) is 33.4 Å². The van der Waals surface area contributed by atoms with Gasteiger partial charge >= 0.3 is 5.97 Å². The molecule has 176 valence electrons. The maximum absolute atomic E-state index is 13.1. The fraction of sp³-hybridized carbons (Fsp3) is 0.115. The first-order valence-corrected chi connectivity index (χ1v) is 12.2. The van der Waals surface area contributed by atoms with Crippen molar-refractivity contribution in [3.8, 4) is 6.07 Å². The van der Waals surface area contributed by atoms with Crippen molar-refractivity contribution < 1.29 is 22.7 Å². The number of rotatable bonds is 7. The van der Waals surface area contributed by atoms with E-state index < -0.39 is 28.5 Å². The first kappa shape index (κ1) is 23.7. The highest BCUT2D eigenvalue weighted by molar-refractivity contribution is 7.92. The summed E-state index contributed by atoms with van der Waals surface area (Å²) in [5.41, 5.74) is 3.24. The lowest BCUT2D eigenvalue weighted by Crippen LogP contribution is -2.29. The molecule has 35 heavy (non-hydrogen) atoms. The van der Waals surface area contributed by atoms with Gasteiger partial charge in [0.1, 0.15) is 0 Å². The van der Waals surface area contributed by atoms with E-state index in [1.807, 2.05) is 24.3 Å². The molecule has 0 atom stereocenters. The molecule has 1 N–H and O–H groups in total. The van der Waals surface area contributed by atoms with Gasteiger partial charge in [0.15, 0.2) is 6.61 Å². The first-order valence-electron chi connectivity index (χ1n) is 10.7. The summed E-state index contributed by atoms with van der Waals surface area (Å²) < 4.78 is 32.5. The minimum atomic E-state index is -3.69. The molecule has 3 aromatic carbocycles. The average Bonchev–Trinajstić information content (AvgIpc) is 3.32. The number of ether oxygens (including phenoxy) is 1. The van der Waals surface area contributed by atoms with Gasteiger partial charge in [-0.05, 0) is 66.1 Å². The second-order valence-corrected chi connectivity index (χ2v) is 9.57. The number of esters is 1. The number of carbonyl (C=O) groups is 2. The van der Waals surface area contributed by atoms with E-state index in [1.54, 1.807) is 42.5 Å². The monoisotopic (exact) mass is 487 g/mol. The summed E-state index contributed by atoms with van der Waals surface area (Å²) in [4.78, 5) is 24.0. The number of nitrogens with one attached hydrogen (secondary N) is 1. The minimum Gasteiger partial charge on any atom is -0.452 e.